The fourth-order valence-corrected chi connectivity index (χ4v) is 4.14. The molecule has 2 unspecified atom stereocenters. The molecule has 1 amide bonds. The van der Waals surface area contributed by atoms with Gasteiger partial charge in [-0.2, -0.15) is 11.3 Å². The van der Waals surface area contributed by atoms with Crippen molar-refractivity contribution in [3.63, 3.8) is 0 Å². The minimum absolute atomic E-state index is 0.267. The van der Waals surface area contributed by atoms with E-state index in [2.05, 4.69) is 15.6 Å². The monoisotopic (exact) mass is 496 g/mol. The lowest BCUT2D eigenvalue weighted by molar-refractivity contribution is -0.104. The van der Waals surface area contributed by atoms with Gasteiger partial charge in [-0.15, -0.1) is 0 Å². The molecule has 2 heterocycles. The molecular formula is C26H32BFN3O3S. The topological polar surface area (TPSA) is 83.5 Å². The molecule has 9 heteroatoms. The van der Waals surface area contributed by atoms with Gasteiger partial charge < -0.3 is 20.4 Å². The summed E-state index contributed by atoms with van der Waals surface area (Å²) < 4.78 is 20.0. The van der Waals surface area contributed by atoms with E-state index in [0.29, 0.717) is 24.3 Å². The van der Waals surface area contributed by atoms with Crippen molar-refractivity contribution >= 4 is 35.3 Å². The summed E-state index contributed by atoms with van der Waals surface area (Å²) in [6, 6.07) is 13.1. The number of amides is 1. The van der Waals surface area contributed by atoms with Gasteiger partial charge in [-0.25, -0.2) is 9.37 Å². The third kappa shape index (κ3) is 6.90. The minimum atomic E-state index is -0.949. The van der Waals surface area contributed by atoms with Crippen LogP contribution in [0.4, 0.5) is 10.2 Å². The normalized spacial score (nSPS) is 14.1. The second-order valence-corrected chi connectivity index (χ2v) is 10.4. The summed E-state index contributed by atoms with van der Waals surface area (Å²) in [4.78, 5) is 18.3. The molecule has 3 aromatic rings. The highest BCUT2D eigenvalue weighted by Crippen LogP contribution is 2.28. The molecule has 35 heavy (non-hydrogen) atoms. The zero-order valence-electron chi connectivity index (χ0n) is 20.8. The molecule has 6 nitrogen and oxygen atoms in total. The van der Waals surface area contributed by atoms with Crippen LogP contribution >= 0.6 is 11.3 Å². The second kappa shape index (κ2) is 11.3. The Hall–Kier alpha value is -2.75. The van der Waals surface area contributed by atoms with Crippen LogP contribution in [-0.2, 0) is 11.2 Å². The molecule has 0 saturated heterocycles. The van der Waals surface area contributed by atoms with Gasteiger partial charge >= 0.3 is 7.48 Å². The first-order valence-corrected chi connectivity index (χ1v) is 12.4. The number of aromatic nitrogens is 1. The van der Waals surface area contributed by atoms with Gasteiger partial charge in [0.25, 0.3) is 5.91 Å². The zero-order chi connectivity index (χ0) is 25.6. The minimum Gasteiger partial charge on any atom is -0.426 e. The number of hydrogen-bond acceptors (Lipinski definition) is 6. The lowest BCUT2D eigenvalue weighted by atomic mass is 9.83. The van der Waals surface area contributed by atoms with Crippen molar-refractivity contribution in [2.75, 3.05) is 5.32 Å². The summed E-state index contributed by atoms with van der Waals surface area (Å²) in [5.41, 5.74) is -0.441. The largest absolute Gasteiger partial charge is 0.426 e. The van der Waals surface area contributed by atoms with Crippen molar-refractivity contribution < 1.29 is 18.9 Å². The van der Waals surface area contributed by atoms with Crippen LogP contribution in [0.3, 0.4) is 0 Å². The average molecular weight is 496 g/mol. The number of hydrogen-bond donors (Lipinski definition) is 3. The summed E-state index contributed by atoms with van der Waals surface area (Å²) in [7, 11) is 1.68. The Balaban J connectivity index is 1.60. The van der Waals surface area contributed by atoms with Gasteiger partial charge in [-0.1, -0.05) is 25.1 Å². The third-order valence-corrected chi connectivity index (χ3v) is 7.35. The average Bonchev–Trinajstić information content (AvgIpc) is 3.30. The first kappa shape index (κ1) is 26.9. The van der Waals surface area contributed by atoms with Gasteiger partial charge in [0.1, 0.15) is 11.6 Å². The number of nitrogens with one attached hydrogen (secondary N) is 2. The first-order valence-electron chi connectivity index (χ1n) is 11.6. The van der Waals surface area contributed by atoms with Crippen LogP contribution in [0.25, 0.3) is 0 Å². The molecule has 1 aromatic carbocycles. The molecule has 0 aliphatic carbocycles. The van der Waals surface area contributed by atoms with E-state index in [9.17, 15) is 14.3 Å². The highest BCUT2D eigenvalue weighted by atomic mass is 32.1. The van der Waals surface area contributed by atoms with Gasteiger partial charge in [0.2, 0.25) is 0 Å². The summed E-state index contributed by atoms with van der Waals surface area (Å²) >= 11 is 1.55. The number of halogens is 1. The number of nitrogens with zero attached hydrogens (tertiary/aromatic N) is 1. The maximum absolute atomic E-state index is 13.2. The summed E-state index contributed by atoms with van der Waals surface area (Å²) in [6.45, 7) is 9.77. The van der Waals surface area contributed by atoms with Gasteiger partial charge in [0.05, 0.1) is 29.4 Å². The Morgan fingerprint density at radius 1 is 1.20 bits per heavy atom. The van der Waals surface area contributed by atoms with E-state index in [1.807, 2.05) is 39.8 Å². The highest BCUT2D eigenvalue weighted by Gasteiger charge is 2.38. The Morgan fingerprint density at radius 3 is 2.60 bits per heavy atom. The lowest BCUT2D eigenvalue weighted by Gasteiger charge is -2.39. The van der Waals surface area contributed by atoms with Gasteiger partial charge in [0, 0.05) is 11.1 Å². The molecule has 2 atom stereocenters. The third-order valence-electron chi connectivity index (χ3n) is 6.34. The van der Waals surface area contributed by atoms with Crippen LogP contribution in [0.5, 0.6) is 0 Å². The quantitative estimate of drug-likeness (QED) is 0.339. The number of benzene rings is 1. The van der Waals surface area contributed by atoms with E-state index in [1.54, 1.807) is 56.2 Å². The Morgan fingerprint density at radius 2 is 1.91 bits per heavy atom. The fourth-order valence-electron chi connectivity index (χ4n) is 3.32. The number of pyridine rings is 1. The van der Waals surface area contributed by atoms with Crippen LogP contribution in [0, 0.1) is 5.82 Å². The SMILES string of the molecule is CCC(C)(O)C(C)(C)O[B]c1ccc(CNc2ncccc2C(=O)NC(C)c2ccc(F)cc2)s1. The molecule has 0 spiro atoms. The smallest absolute Gasteiger partial charge is 0.341 e. The first-order chi connectivity index (χ1) is 16.5. The van der Waals surface area contributed by atoms with E-state index in [-0.39, 0.29) is 17.8 Å². The van der Waals surface area contributed by atoms with Crippen LogP contribution in [0.15, 0.2) is 54.7 Å². The Labute approximate surface area is 211 Å². The number of aliphatic hydroxyl groups is 1. The van der Waals surface area contributed by atoms with E-state index < -0.39 is 11.2 Å². The van der Waals surface area contributed by atoms with E-state index in [4.69, 9.17) is 4.65 Å². The molecule has 2 aromatic heterocycles. The molecule has 0 bridgehead atoms. The predicted octanol–water partition coefficient (Wildman–Crippen LogP) is 4.59. The van der Waals surface area contributed by atoms with Crippen LogP contribution in [0.1, 0.15) is 67.9 Å². The van der Waals surface area contributed by atoms with Crippen molar-refractivity contribution in [3.05, 3.63) is 76.5 Å². The van der Waals surface area contributed by atoms with Crippen molar-refractivity contribution in [2.45, 2.75) is 64.8 Å². The van der Waals surface area contributed by atoms with Crippen molar-refractivity contribution in [1.29, 1.82) is 0 Å². The molecule has 185 valence electrons. The van der Waals surface area contributed by atoms with Crippen LogP contribution in [0.2, 0.25) is 0 Å². The summed E-state index contributed by atoms with van der Waals surface area (Å²) in [5, 5.41) is 16.7. The maximum atomic E-state index is 13.2. The van der Waals surface area contributed by atoms with Crippen LogP contribution < -0.4 is 15.4 Å². The van der Waals surface area contributed by atoms with E-state index in [0.717, 1.165) is 15.2 Å². The predicted molar refractivity (Wildman–Crippen MR) is 140 cm³/mol. The van der Waals surface area contributed by atoms with E-state index in [1.165, 1.54) is 12.1 Å². The summed E-state index contributed by atoms with van der Waals surface area (Å²) in [5.74, 6) is -0.105. The molecule has 0 aliphatic heterocycles. The zero-order valence-corrected chi connectivity index (χ0v) is 21.6. The molecule has 0 saturated carbocycles. The highest BCUT2D eigenvalue weighted by molar-refractivity contribution is 7.21. The Bertz CT molecular complexity index is 1130. The molecule has 3 N–H and O–H groups in total. The van der Waals surface area contributed by atoms with Gasteiger partial charge in [-0.3, -0.25) is 4.79 Å². The Kier molecular flexibility index (Phi) is 8.69. The summed E-state index contributed by atoms with van der Waals surface area (Å²) in [6.07, 6.45) is 2.21. The maximum Gasteiger partial charge on any atom is 0.341 e. The number of thiophene rings is 1. The van der Waals surface area contributed by atoms with Crippen molar-refractivity contribution in [2.24, 2.45) is 0 Å². The van der Waals surface area contributed by atoms with E-state index >= 15 is 0 Å². The fraction of sp³-hybridized carbons (Fsp3) is 0.385. The lowest BCUT2D eigenvalue weighted by Crippen LogP contribution is -2.50. The number of carbonyl (C=O) groups is 1. The van der Waals surface area contributed by atoms with Crippen molar-refractivity contribution in [3.8, 4) is 0 Å². The van der Waals surface area contributed by atoms with Gasteiger partial charge in [0.15, 0.2) is 0 Å². The van der Waals surface area contributed by atoms with Crippen molar-refractivity contribution in [1.82, 2.24) is 10.3 Å². The molecule has 3 rings (SSSR count). The molecule has 1 radical (unpaired) electrons. The molecule has 0 aliphatic rings. The molecule has 0 fully saturated rings. The second-order valence-electron chi connectivity index (χ2n) is 9.18. The number of anilines is 1. The number of rotatable bonds is 11. The van der Waals surface area contributed by atoms with Gasteiger partial charge in [-0.05, 0) is 74.8 Å². The number of carbonyl (C=O) groups excluding carboxylic acids is 1. The van der Waals surface area contributed by atoms with Crippen LogP contribution in [-0.4, -0.2) is 34.7 Å². The molecular weight excluding hydrogens is 464 g/mol. The standard InChI is InChI=1S/C26H32BFN3O3S/c1-6-26(5,33)25(3,4)34-27-22-14-13-20(35-22)16-30-23-21(8-7-15-29-23)24(32)31-17(2)18-9-11-19(28)12-10-18/h7-15,17,33H,6,16H2,1-5H3,(H,29,30)(H,31,32).